The Morgan fingerprint density at radius 1 is 1.19 bits per heavy atom. The van der Waals surface area contributed by atoms with E-state index in [0.717, 1.165) is 41.9 Å². The van der Waals surface area contributed by atoms with E-state index in [9.17, 15) is 0 Å². The number of alkyl halides is 1. The molecule has 0 aliphatic rings. The second-order valence-corrected chi connectivity index (χ2v) is 6.90. The van der Waals surface area contributed by atoms with Gasteiger partial charge in [-0.15, -0.1) is 11.6 Å². The number of rotatable bonds is 8. The molecule has 1 aromatic carbocycles. The van der Waals surface area contributed by atoms with Crippen molar-refractivity contribution in [3.05, 3.63) is 47.2 Å². The van der Waals surface area contributed by atoms with Gasteiger partial charge in [-0.2, -0.15) is 4.98 Å². The normalized spacial score (nSPS) is 11.2. The van der Waals surface area contributed by atoms with Crippen molar-refractivity contribution in [1.29, 1.82) is 0 Å². The average molecular weight is 372 g/mol. The van der Waals surface area contributed by atoms with Crippen LogP contribution in [0.15, 0.2) is 30.5 Å². The zero-order valence-electron chi connectivity index (χ0n) is 15.4. The maximum absolute atomic E-state index is 6.00. The fourth-order valence-electron chi connectivity index (χ4n) is 3.12. The summed E-state index contributed by atoms with van der Waals surface area (Å²) in [6.45, 7) is 5.95. The SMILES string of the molecule is CCCCCNc1nc(N)nc2ccn(Cc3cc(CCl)ccc3C)c12. The summed E-state index contributed by atoms with van der Waals surface area (Å²) in [7, 11) is 0. The van der Waals surface area contributed by atoms with Gasteiger partial charge in [-0.3, -0.25) is 0 Å². The van der Waals surface area contributed by atoms with Gasteiger partial charge < -0.3 is 15.6 Å². The first kappa shape index (κ1) is 18.5. The second kappa shape index (κ2) is 8.41. The molecule has 0 amide bonds. The number of nitrogens with two attached hydrogens (primary N) is 1. The molecule has 3 rings (SSSR count). The minimum atomic E-state index is 0.300. The van der Waals surface area contributed by atoms with E-state index >= 15 is 0 Å². The maximum atomic E-state index is 6.00. The lowest BCUT2D eigenvalue weighted by molar-refractivity contribution is 0.742. The van der Waals surface area contributed by atoms with Crippen LogP contribution in [0, 0.1) is 6.92 Å². The Bertz CT molecular complexity index is 887. The summed E-state index contributed by atoms with van der Waals surface area (Å²) in [5.74, 6) is 1.62. The van der Waals surface area contributed by atoms with Crippen LogP contribution in [0.1, 0.15) is 42.9 Å². The highest BCUT2D eigenvalue weighted by Gasteiger charge is 2.12. The van der Waals surface area contributed by atoms with Gasteiger partial charge in [0.2, 0.25) is 5.95 Å². The number of aryl methyl sites for hydroxylation is 1. The summed E-state index contributed by atoms with van der Waals surface area (Å²) in [6, 6.07) is 8.35. The quantitative estimate of drug-likeness (QED) is 0.444. The Kier molecular flexibility index (Phi) is 5.99. The highest BCUT2D eigenvalue weighted by Crippen LogP contribution is 2.25. The van der Waals surface area contributed by atoms with E-state index in [0.29, 0.717) is 11.8 Å². The van der Waals surface area contributed by atoms with E-state index in [1.54, 1.807) is 0 Å². The first-order valence-electron chi connectivity index (χ1n) is 9.13. The third-order valence-corrected chi connectivity index (χ3v) is 4.92. The summed E-state index contributed by atoms with van der Waals surface area (Å²) in [4.78, 5) is 8.83. The summed E-state index contributed by atoms with van der Waals surface area (Å²) in [6.07, 6.45) is 5.54. The van der Waals surface area contributed by atoms with Crippen LogP contribution in [0.3, 0.4) is 0 Å². The first-order valence-corrected chi connectivity index (χ1v) is 9.66. The van der Waals surface area contributed by atoms with Crippen molar-refractivity contribution in [1.82, 2.24) is 14.5 Å². The Balaban J connectivity index is 1.94. The van der Waals surface area contributed by atoms with Gasteiger partial charge in [0.1, 0.15) is 5.52 Å². The largest absolute Gasteiger partial charge is 0.368 e. The fourth-order valence-corrected chi connectivity index (χ4v) is 3.29. The summed E-state index contributed by atoms with van der Waals surface area (Å²) >= 11 is 6.00. The van der Waals surface area contributed by atoms with Gasteiger partial charge in [0.15, 0.2) is 5.82 Å². The van der Waals surface area contributed by atoms with Crippen molar-refractivity contribution in [3.8, 4) is 0 Å². The van der Waals surface area contributed by atoms with Crippen LogP contribution in [-0.2, 0) is 12.4 Å². The van der Waals surface area contributed by atoms with Crippen molar-refractivity contribution in [2.75, 3.05) is 17.6 Å². The number of nitrogens with one attached hydrogen (secondary N) is 1. The van der Waals surface area contributed by atoms with Crippen molar-refractivity contribution in [2.24, 2.45) is 0 Å². The molecule has 0 fully saturated rings. The average Bonchev–Trinajstić information content (AvgIpc) is 3.03. The molecule has 6 heteroatoms. The molecule has 0 radical (unpaired) electrons. The minimum Gasteiger partial charge on any atom is -0.368 e. The predicted molar refractivity (Wildman–Crippen MR) is 110 cm³/mol. The lowest BCUT2D eigenvalue weighted by Gasteiger charge is -2.13. The number of fused-ring (bicyclic) bond motifs is 1. The van der Waals surface area contributed by atoms with Gasteiger partial charge in [0, 0.05) is 25.2 Å². The first-order chi connectivity index (χ1) is 12.6. The molecule has 0 aliphatic carbocycles. The number of nitrogens with zero attached hydrogens (tertiary/aromatic N) is 3. The number of aromatic nitrogens is 3. The fraction of sp³-hybridized carbons (Fsp3) is 0.400. The Morgan fingerprint density at radius 3 is 2.81 bits per heavy atom. The molecule has 0 unspecified atom stereocenters. The van der Waals surface area contributed by atoms with Gasteiger partial charge in [0.05, 0.1) is 5.52 Å². The van der Waals surface area contributed by atoms with Crippen molar-refractivity contribution < 1.29 is 0 Å². The van der Waals surface area contributed by atoms with Gasteiger partial charge in [-0.05, 0) is 36.1 Å². The van der Waals surface area contributed by atoms with Gasteiger partial charge >= 0.3 is 0 Å². The van der Waals surface area contributed by atoms with E-state index in [4.69, 9.17) is 17.3 Å². The van der Waals surface area contributed by atoms with Crippen LogP contribution in [0.25, 0.3) is 11.0 Å². The zero-order valence-corrected chi connectivity index (χ0v) is 16.2. The number of anilines is 2. The predicted octanol–water partition coefficient (Wildman–Crippen LogP) is 4.71. The summed E-state index contributed by atoms with van der Waals surface area (Å²) < 4.78 is 2.18. The molecule has 5 nitrogen and oxygen atoms in total. The molecule has 0 atom stereocenters. The number of benzene rings is 1. The molecule has 2 aromatic heterocycles. The van der Waals surface area contributed by atoms with Crippen LogP contribution >= 0.6 is 11.6 Å². The lowest BCUT2D eigenvalue weighted by Crippen LogP contribution is -2.09. The van der Waals surface area contributed by atoms with Gasteiger partial charge in [-0.1, -0.05) is 38.0 Å². The topological polar surface area (TPSA) is 68.8 Å². The van der Waals surface area contributed by atoms with Crippen LogP contribution in [0.5, 0.6) is 0 Å². The smallest absolute Gasteiger partial charge is 0.222 e. The second-order valence-electron chi connectivity index (χ2n) is 6.64. The van der Waals surface area contributed by atoms with Crippen LogP contribution in [0.2, 0.25) is 0 Å². The number of nitrogen functional groups attached to an aromatic ring is 1. The van der Waals surface area contributed by atoms with Crippen molar-refractivity contribution in [2.45, 2.75) is 45.5 Å². The van der Waals surface area contributed by atoms with E-state index in [1.807, 2.05) is 12.3 Å². The third-order valence-electron chi connectivity index (χ3n) is 4.61. The maximum Gasteiger partial charge on any atom is 0.222 e. The lowest BCUT2D eigenvalue weighted by atomic mass is 10.1. The number of hydrogen-bond acceptors (Lipinski definition) is 4. The van der Waals surface area contributed by atoms with E-state index < -0.39 is 0 Å². The van der Waals surface area contributed by atoms with Crippen molar-refractivity contribution >= 4 is 34.4 Å². The number of unbranched alkanes of at least 4 members (excludes halogenated alkanes) is 2. The van der Waals surface area contributed by atoms with E-state index in [2.05, 4.69) is 51.9 Å². The van der Waals surface area contributed by atoms with E-state index in [1.165, 1.54) is 24.0 Å². The zero-order chi connectivity index (χ0) is 18.5. The molecule has 0 saturated heterocycles. The van der Waals surface area contributed by atoms with E-state index in [-0.39, 0.29) is 0 Å². The molecule has 0 saturated carbocycles. The molecule has 0 bridgehead atoms. The minimum absolute atomic E-state index is 0.300. The standard InChI is InChI=1S/C20H26ClN5/c1-3-4-5-9-23-19-18-17(24-20(22)25-19)8-10-26(18)13-16-11-15(12-21)7-6-14(16)2/h6-8,10-11H,3-5,9,12-13H2,1-2H3,(H3,22,23,24,25). The highest BCUT2D eigenvalue weighted by molar-refractivity contribution is 6.17. The third kappa shape index (κ3) is 4.10. The molecular weight excluding hydrogens is 346 g/mol. The molecule has 3 aromatic rings. The summed E-state index contributed by atoms with van der Waals surface area (Å²) in [5, 5.41) is 3.44. The number of hydrogen-bond donors (Lipinski definition) is 2. The molecule has 2 heterocycles. The molecule has 0 spiro atoms. The Morgan fingerprint density at radius 2 is 2.04 bits per heavy atom. The molecular formula is C20H26ClN5. The Labute approximate surface area is 159 Å². The van der Waals surface area contributed by atoms with Crippen molar-refractivity contribution in [3.63, 3.8) is 0 Å². The van der Waals surface area contributed by atoms with Gasteiger partial charge in [0.25, 0.3) is 0 Å². The van der Waals surface area contributed by atoms with Crippen LogP contribution in [0.4, 0.5) is 11.8 Å². The van der Waals surface area contributed by atoms with Crippen LogP contribution in [-0.4, -0.2) is 21.1 Å². The molecule has 26 heavy (non-hydrogen) atoms. The number of halogens is 1. The summed E-state index contributed by atoms with van der Waals surface area (Å²) in [5.41, 5.74) is 11.4. The Hall–Kier alpha value is -2.27. The molecule has 3 N–H and O–H groups in total. The molecule has 138 valence electrons. The van der Waals surface area contributed by atoms with Crippen LogP contribution < -0.4 is 11.1 Å². The monoisotopic (exact) mass is 371 g/mol. The van der Waals surface area contributed by atoms with Gasteiger partial charge in [-0.25, -0.2) is 4.98 Å². The highest BCUT2D eigenvalue weighted by atomic mass is 35.5. The molecule has 0 aliphatic heterocycles.